The van der Waals surface area contributed by atoms with E-state index < -0.39 is 0 Å². The first kappa shape index (κ1) is 11.7. The molecule has 0 aliphatic carbocycles. The lowest BCUT2D eigenvalue weighted by Gasteiger charge is -2.46. The number of nitrogens with one attached hydrogen (secondary N) is 1. The van der Waals surface area contributed by atoms with Crippen molar-refractivity contribution in [2.24, 2.45) is 5.92 Å². The summed E-state index contributed by atoms with van der Waals surface area (Å²) in [7, 11) is 0. The van der Waals surface area contributed by atoms with E-state index in [1.807, 2.05) is 6.92 Å². The molecule has 1 heterocycles. The number of carbonyl (C=O) groups excluding carboxylic acids is 1. The van der Waals surface area contributed by atoms with Crippen LogP contribution in [0, 0.1) is 5.92 Å². The molecule has 0 aromatic carbocycles. The van der Waals surface area contributed by atoms with Gasteiger partial charge in [-0.3, -0.25) is 4.79 Å². The first-order valence-corrected chi connectivity index (χ1v) is 5.58. The van der Waals surface area contributed by atoms with Gasteiger partial charge >= 0.3 is 0 Å². The molecule has 0 unspecified atom stereocenters. The molecule has 0 atom stereocenters. The highest BCUT2D eigenvalue weighted by atomic mass is 16.1. The van der Waals surface area contributed by atoms with E-state index in [9.17, 15) is 4.79 Å². The lowest BCUT2D eigenvalue weighted by atomic mass is 9.74. The minimum atomic E-state index is 0.0945. The second-order valence-electron chi connectivity index (χ2n) is 5.82. The van der Waals surface area contributed by atoms with Gasteiger partial charge in [-0.2, -0.15) is 0 Å². The Morgan fingerprint density at radius 2 is 1.64 bits per heavy atom. The normalized spacial score (nSPS) is 26.1. The second-order valence-corrected chi connectivity index (χ2v) is 5.82. The third-order valence-electron chi connectivity index (χ3n) is 2.99. The van der Waals surface area contributed by atoms with Crippen LogP contribution in [-0.4, -0.2) is 16.9 Å². The summed E-state index contributed by atoms with van der Waals surface area (Å²) in [6.45, 7) is 10.7. The van der Waals surface area contributed by atoms with E-state index >= 15 is 0 Å². The molecule has 1 aliphatic heterocycles. The summed E-state index contributed by atoms with van der Waals surface area (Å²) in [5.74, 6) is 0.680. The van der Waals surface area contributed by atoms with Crippen molar-refractivity contribution in [2.45, 2.75) is 65.0 Å². The minimum absolute atomic E-state index is 0.0945. The van der Waals surface area contributed by atoms with Gasteiger partial charge in [0, 0.05) is 23.4 Å². The zero-order valence-electron chi connectivity index (χ0n) is 10.1. The van der Waals surface area contributed by atoms with E-state index in [2.05, 4.69) is 33.0 Å². The molecule has 0 aromatic rings. The van der Waals surface area contributed by atoms with Crippen molar-refractivity contribution in [2.75, 3.05) is 0 Å². The Hall–Kier alpha value is -0.370. The number of hydrogen-bond donors (Lipinski definition) is 1. The molecule has 0 aromatic heterocycles. The van der Waals surface area contributed by atoms with Crippen molar-refractivity contribution >= 4 is 5.78 Å². The van der Waals surface area contributed by atoms with Gasteiger partial charge in [-0.1, -0.05) is 6.92 Å². The molecular weight excluding hydrogens is 174 g/mol. The van der Waals surface area contributed by atoms with Gasteiger partial charge in [0.15, 0.2) is 0 Å². The molecule has 1 fully saturated rings. The molecule has 0 radical (unpaired) electrons. The summed E-state index contributed by atoms with van der Waals surface area (Å²) >= 11 is 0. The number of Topliss-reactive ketones (excluding diaryl/α,β-unsaturated/α-hetero) is 1. The van der Waals surface area contributed by atoms with E-state index in [0.29, 0.717) is 12.2 Å². The summed E-state index contributed by atoms with van der Waals surface area (Å²) in [5, 5.41) is 3.59. The van der Waals surface area contributed by atoms with Crippen molar-refractivity contribution in [1.29, 1.82) is 0 Å². The summed E-state index contributed by atoms with van der Waals surface area (Å²) < 4.78 is 0. The molecule has 0 saturated carbocycles. The van der Waals surface area contributed by atoms with Crippen LogP contribution in [0.15, 0.2) is 0 Å². The SMILES string of the molecule is CCC(=O)C1CC(C)(C)NC(C)(C)C1. The summed E-state index contributed by atoms with van der Waals surface area (Å²) in [5.41, 5.74) is 0.189. The van der Waals surface area contributed by atoms with Crippen molar-refractivity contribution in [1.82, 2.24) is 5.32 Å². The van der Waals surface area contributed by atoms with Gasteiger partial charge in [0.25, 0.3) is 0 Å². The predicted molar refractivity (Wildman–Crippen MR) is 59.3 cm³/mol. The van der Waals surface area contributed by atoms with Crippen LogP contribution in [0.4, 0.5) is 0 Å². The lowest BCUT2D eigenvalue weighted by molar-refractivity contribution is -0.125. The fourth-order valence-corrected chi connectivity index (χ4v) is 2.84. The molecule has 0 amide bonds. The van der Waals surface area contributed by atoms with Crippen molar-refractivity contribution < 1.29 is 4.79 Å². The number of ketones is 1. The molecule has 1 rings (SSSR count). The number of hydrogen-bond acceptors (Lipinski definition) is 2. The summed E-state index contributed by atoms with van der Waals surface area (Å²) in [6.07, 6.45) is 2.63. The predicted octanol–water partition coefficient (Wildman–Crippen LogP) is 2.52. The third-order valence-corrected chi connectivity index (χ3v) is 2.99. The Morgan fingerprint density at radius 3 is 2.00 bits per heavy atom. The van der Waals surface area contributed by atoms with Crippen molar-refractivity contribution in [3.05, 3.63) is 0 Å². The van der Waals surface area contributed by atoms with Crippen LogP contribution in [0.5, 0.6) is 0 Å². The molecule has 0 spiro atoms. The van der Waals surface area contributed by atoms with Crippen LogP contribution in [0.1, 0.15) is 53.9 Å². The lowest BCUT2D eigenvalue weighted by Crippen LogP contribution is -2.58. The maximum Gasteiger partial charge on any atom is 0.135 e. The Labute approximate surface area is 87.5 Å². The topological polar surface area (TPSA) is 29.1 Å². The fourth-order valence-electron chi connectivity index (χ4n) is 2.84. The number of piperidine rings is 1. The minimum Gasteiger partial charge on any atom is -0.307 e. The van der Waals surface area contributed by atoms with Crippen LogP contribution in [0.3, 0.4) is 0 Å². The zero-order valence-corrected chi connectivity index (χ0v) is 10.1. The highest BCUT2D eigenvalue weighted by Gasteiger charge is 2.39. The maximum absolute atomic E-state index is 11.7. The van der Waals surface area contributed by atoms with Crippen LogP contribution < -0.4 is 5.32 Å². The van der Waals surface area contributed by atoms with Gasteiger partial charge in [0.2, 0.25) is 0 Å². The quantitative estimate of drug-likeness (QED) is 0.737. The number of carbonyl (C=O) groups is 1. The van der Waals surface area contributed by atoms with Crippen LogP contribution in [0.25, 0.3) is 0 Å². The van der Waals surface area contributed by atoms with E-state index in [0.717, 1.165) is 12.8 Å². The van der Waals surface area contributed by atoms with E-state index in [1.54, 1.807) is 0 Å². The Bertz CT molecular complexity index is 214. The second kappa shape index (κ2) is 3.65. The van der Waals surface area contributed by atoms with Gasteiger partial charge in [0.05, 0.1) is 0 Å². The monoisotopic (exact) mass is 197 g/mol. The molecule has 2 heteroatoms. The Kier molecular flexibility index (Phi) is 3.05. The first-order valence-electron chi connectivity index (χ1n) is 5.58. The van der Waals surface area contributed by atoms with E-state index in [4.69, 9.17) is 0 Å². The Balaban J connectivity index is 2.76. The average molecular weight is 197 g/mol. The molecule has 1 saturated heterocycles. The fraction of sp³-hybridized carbons (Fsp3) is 0.917. The number of rotatable bonds is 2. The van der Waals surface area contributed by atoms with Gasteiger partial charge in [0.1, 0.15) is 5.78 Å². The Morgan fingerprint density at radius 1 is 1.21 bits per heavy atom. The summed E-state index contributed by atoms with van der Waals surface area (Å²) in [6, 6.07) is 0. The smallest absolute Gasteiger partial charge is 0.135 e. The highest BCUT2D eigenvalue weighted by molar-refractivity contribution is 5.81. The molecule has 0 bridgehead atoms. The molecule has 1 N–H and O–H groups in total. The van der Waals surface area contributed by atoms with Crippen LogP contribution in [-0.2, 0) is 4.79 Å². The largest absolute Gasteiger partial charge is 0.307 e. The van der Waals surface area contributed by atoms with Crippen LogP contribution in [0.2, 0.25) is 0 Å². The molecule has 14 heavy (non-hydrogen) atoms. The van der Waals surface area contributed by atoms with E-state index in [-0.39, 0.29) is 17.0 Å². The molecule has 1 aliphatic rings. The van der Waals surface area contributed by atoms with E-state index in [1.165, 1.54) is 0 Å². The molecular formula is C12H23NO. The highest BCUT2D eigenvalue weighted by Crippen LogP contribution is 2.33. The third kappa shape index (κ3) is 2.81. The summed E-state index contributed by atoms with van der Waals surface area (Å²) in [4.78, 5) is 11.7. The maximum atomic E-state index is 11.7. The van der Waals surface area contributed by atoms with Crippen molar-refractivity contribution in [3.63, 3.8) is 0 Å². The average Bonchev–Trinajstić information content (AvgIpc) is 1.97. The van der Waals surface area contributed by atoms with Gasteiger partial charge in [-0.15, -0.1) is 0 Å². The zero-order chi connectivity index (χ0) is 11.0. The standard InChI is InChI=1S/C12H23NO/c1-6-10(14)9-7-11(2,3)13-12(4,5)8-9/h9,13H,6-8H2,1-5H3. The first-order chi connectivity index (χ1) is 6.26. The van der Waals surface area contributed by atoms with Gasteiger partial charge < -0.3 is 5.32 Å². The van der Waals surface area contributed by atoms with Crippen molar-refractivity contribution in [3.8, 4) is 0 Å². The molecule has 82 valence electrons. The van der Waals surface area contributed by atoms with Crippen LogP contribution >= 0.6 is 0 Å². The van der Waals surface area contributed by atoms with Gasteiger partial charge in [-0.05, 0) is 40.5 Å². The molecule has 2 nitrogen and oxygen atoms in total. The van der Waals surface area contributed by atoms with Gasteiger partial charge in [-0.25, -0.2) is 0 Å².